The fraction of sp³-hybridized carbons (Fsp3) is 0.611. The number of carbonyl (C=O) groups excluding carboxylic acids is 3. The molecule has 0 aliphatic carbocycles. The molecule has 1 fully saturated rings. The van der Waals surface area contributed by atoms with Crippen LogP contribution in [0.4, 0.5) is 18.3 Å². The van der Waals surface area contributed by atoms with Crippen LogP contribution in [0.3, 0.4) is 0 Å². The molecular formula is C18H28F3N5O3S. The molecule has 2 atom stereocenters. The molecule has 8 nitrogen and oxygen atoms in total. The van der Waals surface area contributed by atoms with E-state index in [0.29, 0.717) is 6.42 Å². The van der Waals surface area contributed by atoms with Crippen LogP contribution in [0, 0.1) is 5.92 Å². The summed E-state index contributed by atoms with van der Waals surface area (Å²) in [7, 11) is 0. The van der Waals surface area contributed by atoms with Gasteiger partial charge in [-0.05, 0) is 25.3 Å². The van der Waals surface area contributed by atoms with Gasteiger partial charge in [0.05, 0.1) is 6.04 Å². The minimum atomic E-state index is -4.60. The number of aromatic nitrogens is 2. The predicted octanol–water partition coefficient (Wildman–Crippen LogP) is 2.79. The Balaban J connectivity index is 0.00000198. The lowest BCUT2D eigenvalue weighted by Gasteiger charge is -2.28. The maximum atomic E-state index is 12.5. The van der Waals surface area contributed by atoms with E-state index >= 15 is 0 Å². The Kier molecular flexibility index (Phi) is 12.7. The van der Waals surface area contributed by atoms with Crippen LogP contribution in [0.15, 0.2) is 12.2 Å². The van der Waals surface area contributed by atoms with Gasteiger partial charge in [0.25, 0.3) is 0 Å². The topological polar surface area (TPSA) is 113 Å². The van der Waals surface area contributed by atoms with Crippen molar-refractivity contribution in [3.8, 4) is 0 Å². The van der Waals surface area contributed by atoms with Crippen molar-refractivity contribution in [2.45, 2.75) is 58.8 Å². The maximum Gasteiger partial charge on any atom is 0.445 e. The van der Waals surface area contributed by atoms with E-state index in [1.807, 2.05) is 34.5 Å². The molecular weight excluding hydrogens is 423 g/mol. The Labute approximate surface area is 177 Å². The van der Waals surface area contributed by atoms with Gasteiger partial charge in [-0.25, -0.2) is 0 Å². The van der Waals surface area contributed by atoms with Gasteiger partial charge in [0.2, 0.25) is 22.0 Å². The number of hydrogen-bond acceptors (Lipinski definition) is 7. The first-order valence-electron chi connectivity index (χ1n) is 9.37. The number of anilines is 1. The summed E-state index contributed by atoms with van der Waals surface area (Å²) < 4.78 is 37.4. The monoisotopic (exact) mass is 451 g/mol. The lowest BCUT2D eigenvalue weighted by molar-refractivity contribution is -0.138. The van der Waals surface area contributed by atoms with E-state index in [-0.39, 0.29) is 40.4 Å². The molecule has 1 aromatic rings. The summed E-state index contributed by atoms with van der Waals surface area (Å²) in [6.07, 6.45) is -0.505. The van der Waals surface area contributed by atoms with Gasteiger partial charge in [-0.1, -0.05) is 45.1 Å². The molecule has 3 N–H and O–H groups in total. The third-order valence-electron chi connectivity index (χ3n) is 3.57. The molecule has 2 heterocycles. The van der Waals surface area contributed by atoms with Gasteiger partial charge in [-0.3, -0.25) is 14.9 Å². The average Bonchev–Trinajstić information content (AvgIpc) is 3.10. The highest BCUT2D eigenvalue weighted by Crippen LogP contribution is 2.32. The molecule has 0 aromatic carbocycles. The van der Waals surface area contributed by atoms with E-state index in [1.165, 1.54) is 12.2 Å². The average molecular weight is 452 g/mol. The first-order chi connectivity index (χ1) is 14.1. The zero-order valence-corrected chi connectivity index (χ0v) is 18.2. The lowest BCUT2D eigenvalue weighted by Crippen LogP contribution is -2.55. The SMILES string of the molecule is C=O.CC.CC(C)C[C@@H](/C=C/C(=O)Nc1nnc(C(F)(F)F)s1)NC(=O)C1CCN1. The van der Waals surface area contributed by atoms with E-state index < -0.39 is 17.1 Å². The minimum absolute atomic E-state index is 0.133. The van der Waals surface area contributed by atoms with Gasteiger partial charge in [0, 0.05) is 12.1 Å². The fourth-order valence-electron chi connectivity index (χ4n) is 2.23. The largest absolute Gasteiger partial charge is 0.445 e. The summed E-state index contributed by atoms with van der Waals surface area (Å²) in [5, 5.41) is 13.0. The molecule has 12 heteroatoms. The summed E-state index contributed by atoms with van der Waals surface area (Å²) in [5.41, 5.74) is 0. The summed E-state index contributed by atoms with van der Waals surface area (Å²) >= 11 is 0.247. The van der Waals surface area contributed by atoms with Gasteiger partial charge in [0.1, 0.15) is 6.79 Å². The van der Waals surface area contributed by atoms with Crippen LogP contribution in [0.5, 0.6) is 0 Å². The number of rotatable bonds is 7. The predicted molar refractivity (Wildman–Crippen MR) is 109 cm³/mol. The number of carbonyl (C=O) groups is 3. The summed E-state index contributed by atoms with van der Waals surface area (Å²) in [4.78, 5) is 31.9. The van der Waals surface area contributed by atoms with Crippen molar-refractivity contribution in [1.29, 1.82) is 0 Å². The summed E-state index contributed by atoms with van der Waals surface area (Å²) in [5.74, 6) is -0.495. The molecule has 0 saturated carbocycles. The molecule has 170 valence electrons. The molecule has 1 aromatic heterocycles. The Morgan fingerprint density at radius 3 is 2.33 bits per heavy atom. The lowest BCUT2D eigenvalue weighted by atomic mass is 10.0. The molecule has 1 aliphatic rings. The van der Waals surface area contributed by atoms with Gasteiger partial charge in [-0.2, -0.15) is 13.2 Å². The smallest absolute Gasteiger partial charge is 0.349 e. The molecule has 1 saturated heterocycles. The first kappa shape index (κ1) is 27.7. The second-order valence-corrected chi connectivity index (χ2v) is 7.28. The number of amides is 2. The summed E-state index contributed by atoms with van der Waals surface area (Å²) in [6, 6.07) is -0.565. The van der Waals surface area contributed by atoms with E-state index in [2.05, 4.69) is 26.1 Å². The van der Waals surface area contributed by atoms with Gasteiger partial charge in [-0.15, -0.1) is 10.2 Å². The molecule has 1 unspecified atom stereocenters. The number of nitrogens with one attached hydrogen (secondary N) is 3. The van der Waals surface area contributed by atoms with E-state index in [9.17, 15) is 22.8 Å². The molecule has 0 spiro atoms. The van der Waals surface area contributed by atoms with Gasteiger partial charge < -0.3 is 15.4 Å². The minimum Gasteiger partial charge on any atom is -0.349 e. The molecule has 0 bridgehead atoms. The second-order valence-electron chi connectivity index (χ2n) is 6.30. The normalized spacial score (nSPS) is 16.5. The van der Waals surface area contributed by atoms with Crippen LogP contribution in [0.25, 0.3) is 0 Å². The molecule has 30 heavy (non-hydrogen) atoms. The third-order valence-corrected chi connectivity index (χ3v) is 4.45. The van der Waals surface area contributed by atoms with Crippen LogP contribution in [0.2, 0.25) is 0 Å². The molecule has 0 radical (unpaired) electrons. The van der Waals surface area contributed by atoms with E-state index in [4.69, 9.17) is 4.79 Å². The van der Waals surface area contributed by atoms with Crippen LogP contribution in [0.1, 0.15) is 45.5 Å². The third kappa shape index (κ3) is 9.92. The van der Waals surface area contributed by atoms with E-state index in [0.717, 1.165) is 13.0 Å². The Morgan fingerprint density at radius 1 is 1.30 bits per heavy atom. The zero-order chi connectivity index (χ0) is 23.3. The van der Waals surface area contributed by atoms with Crippen molar-refractivity contribution in [3.05, 3.63) is 17.2 Å². The highest BCUT2D eigenvalue weighted by Gasteiger charge is 2.35. The molecule has 1 aliphatic heterocycles. The second kappa shape index (κ2) is 13.8. The number of nitrogens with zero attached hydrogens (tertiary/aromatic N) is 2. The summed E-state index contributed by atoms with van der Waals surface area (Å²) in [6.45, 7) is 10.8. The van der Waals surface area contributed by atoms with Crippen LogP contribution in [-0.2, 0) is 20.6 Å². The fourth-order valence-corrected chi connectivity index (χ4v) is 2.84. The van der Waals surface area contributed by atoms with Crippen molar-refractivity contribution in [1.82, 2.24) is 20.8 Å². The highest BCUT2D eigenvalue weighted by molar-refractivity contribution is 7.15. The van der Waals surface area contributed by atoms with Crippen molar-refractivity contribution < 1.29 is 27.6 Å². The quantitative estimate of drug-likeness (QED) is 0.550. The Hall–Kier alpha value is -2.34. The number of hydrogen-bond donors (Lipinski definition) is 3. The number of alkyl halides is 3. The molecule has 2 rings (SSSR count). The highest BCUT2D eigenvalue weighted by atomic mass is 32.1. The van der Waals surface area contributed by atoms with Crippen LogP contribution < -0.4 is 16.0 Å². The molecule has 2 amide bonds. The van der Waals surface area contributed by atoms with Crippen LogP contribution >= 0.6 is 11.3 Å². The van der Waals surface area contributed by atoms with Gasteiger partial charge in [0.15, 0.2) is 0 Å². The standard InChI is InChI=1S/C15H20F3N5O2S.C2H6.CH2O/c1-8(2)7-9(20-12(25)10-5-6-19-10)3-4-11(24)21-14-23-22-13(26-14)15(16,17)18;2*1-2/h3-4,8-10,19H,5-7H2,1-2H3,(H,20,25)(H,21,23,24);1-2H3;1H2/b4-3+;;/t9-,10?;;/m1../s1. The first-order valence-corrected chi connectivity index (χ1v) is 10.2. The van der Waals surface area contributed by atoms with Crippen LogP contribution in [-0.4, -0.2) is 47.4 Å². The zero-order valence-electron chi connectivity index (χ0n) is 17.4. The van der Waals surface area contributed by atoms with Crippen molar-refractivity contribution in [3.63, 3.8) is 0 Å². The van der Waals surface area contributed by atoms with Gasteiger partial charge >= 0.3 is 6.18 Å². The van der Waals surface area contributed by atoms with E-state index in [1.54, 1.807) is 0 Å². The Bertz CT molecular complexity index is 691. The van der Waals surface area contributed by atoms with Crippen molar-refractivity contribution in [2.75, 3.05) is 11.9 Å². The maximum absolute atomic E-state index is 12.5. The van der Waals surface area contributed by atoms with Crippen molar-refractivity contribution in [2.24, 2.45) is 5.92 Å². The Morgan fingerprint density at radius 2 is 1.90 bits per heavy atom. The van der Waals surface area contributed by atoms with Crippen molar-refractivity contribution >= 4 is 35.1 Å². The number of halogens is 3.